The predicted octanol–water partition coefficient (Wildman–Crippen LogP) is 4.20. The first-order valence-corrected chi connectivity index (χ1v) is 19.9. The molecule has 0 aliphatic carbocycles. The lowest BCUT2D eigenvalue weighted by Gasteiger charge is -2.52. The molecule has 3 saturated heterocycles. The molecule has 14 heteroatoms. The number of carbonyl (C=O) groups is 2. The van der Waals surface area contributed by atoms with E-state index in [2.05, 4.69) is 72.6 Å². The Hall–Kier alpha value is -3.58. The number of hydrogen-bond donors (Lipinski definition) is 4. The molecule has 2 unspecified atom stereocenters. The summed E-state index contributed by atoms with van der Waals surface area (Å²) in [4.78, 5) is 32.7. The van der Waals surface area contributed by atoms with Crippen molar-refractivity contribution in [3.63, 3.8) is 0 Å². The van der Waals surface area contributed by atoms with E-state index < -0.39 is 60.0 Å². The molecule has 3 aromatic carbocycles. The normalized spacial score (nSPS) is 26.8. The number of halogens is 3. The zero-order chi connectivity index (χ0) is 36.8. The van der Waals surface area contributed by atoms with Gasteiger partial charge in [0, 0.05) is 0 Å². The van der Waals surface area contributed by atoms with Gasteiger partial charge in [-0.1, -0.05) is 148 Å². The van der Waals surface area contributed by atoms with Crippen LogP contribution in [0, 0.1) is 0 Å². The molecule has 0 saturated carbocycles. The van der Waals surface area contributed by atoms with Crippen molar-refractivity contribution in [1.29, 1.82) is 0 Å². The number of esters is 1. The van der Waals surface area contributed by atoms with Crippen molar-refractivity contribution in [3.05, 3.63) is 109 Å². The summed E-state index contributed by atoms with van der Waals surface area (Å²) in [5, 5.41) is 24.4. The fourth-order valence-electron chi connectivity index (χ4n) is 7.89. The molecular weight excluding hydrogens is 729 g/mol. The number of ether oxygens (including phenoxy) is 1. The van der Waals surface area contributed by atoms with Crippen LogP contribution in [0.15, 0.2) is 108 Å². The molecule has 1 spiro atoms. The van der Waals surface area contributed by atoms with Crippen molar-refractivity contribution in [2.75, 3.05) is 6.61 Å². The van der Waals surface area contributed by atoms with E-state index in [4.69, 9.17) is 44.0 Å². The summed E-state index contributed by atoms with van der Waals surface area (Å²) in [5.41, 5.74) is -1.08. The largest absolute Gasteiger partial charge is 0.454 e. The van der Waals surface area contributed by atoms with E-state index in [-0.39, 0.29) is 17.6 Å². The second kappa shape index (κ2) is 14.1. The maximum Gasteiger partial charge on any atom is 0.338 e. The summed E-state index contributed by atoms with van der Waals surface area (Å²) < 4.78 is 11.0. The average Bonchev–Trinajstić information content (AvgIpc) is 3.57. The van der Waals surface area contributed by atoms with E-state index in [0.29, 0.717) is 17.8 Å². The predicted molar refractivity (Wildman–Crippen MR) is 203 cm³/mol. The van der Waals surface area contributed by atoms with E-state index in [0.717, 1.165) is 10.4 Å². The van der Waals surface area contributed by atoms with Gasteiger partial charge in [0.05, 0.1) is 36.1 Å². The summed E-state index contributed by atoms with van der Waals surface area (Å²) in [6, 6.07) is 27.0. The number of hydrogen-bond acceptors (Lipinski definition) is 7. The molecule has 6 rings (SSSR count). The van der Waals surface area contributed by atoms with Crippen LogP contribution >= 0.6 is 34.8 Å². The first kappa shape index (κ1) is 37.2. The van der Waals surface area contributed by atoms with Crippen LogP contribution in [-0.4, -0.2) is 82.6 Å². The van der Waals surface area contributed by atoms with Crippen molar-refractivity contribution < 1.29 is 23.9 Å². The minimum Gasteiger partial charge on any atom is -0.454 e. The third-order valence-corrected chi connectivity index (χ3v) is 15.5. The lowest BCUT2D eigenvalue weighted by Crippen LogP contribution is -2.79. The van der Waals surface area contributed by atoms with Gasteiger partial charge in [0.25, 0.3) is 12.1 Å². The van der Waals surface area contributed by atoms with Crippen LogP contribution in [0.4, 0.5) is 0 Å². The maximum absolute atomic E-state index is 13.4. The molecule has 6 atom stereocenters. The highest BCUT2D eigenvalue weighted by Crippen LogP contribution is 2.45. The second-order valence-electron chi connectivity index (χ2n) is 14.0. The van der Waals surface area contributed by atoms with Crippen LogP contribution in [0.1, 0.15) is 44.5 Å². The fraction of sp³-hybridized carbons (Fsp3) is 0.378. The number of benzene rings is 3. The summed E-state index contributed by atoms with van der Waals surface area (Å²) in [6.45, 7) is 12.7. The molecule has 3 fully saturated rings. The molecule has 10 nitrogen and oxygen atoms in total. The highest BCUT2D eigenvalue weighted by atomic mass is 35.6. The van der Waals surface area contributed by atoms with Crippen LogP contribution in [0.2, 0.25) is 5.04 Å². The van der Waals surface area contributed by atoms with Crippen LogP contribution in [0.3, 0.4) is 0 Å². The summed E-state index contributed by atoms with van der Waals surface area (Å²) in [6.07, 6.45) is -2.01. The Morgan fingerprint density at radius 3 is 2.00 bits per heavy atom. The number of nitrogens with one attached hydrogen (secondary N) is 3. The average molecular weight is 771 g/mol. The quantitative estimate of drug-likeness (QED) is 0.152. The first-order chi connectivity index (χ1) is 24.1. The number of aliphatic hydroxyl groups is 1. The number of alkyl halides is 3. The number of carbonyl (C=O) groups excluding carboxylic acids is 2. The molecule has 3 aliphatic heterocycles. The van der Waals surface area contributed by atoms with Crippen molar-refractivity contribution in [1.82, 2.24) is 20.9 Å². The Kier molecular flexibility index (Phi) is 10.3. The number of nitrogens with zero attached hydrogens (tertiary/aromatic N) is 2. The Morgan fingerprint density at radius 1 is 0.941 bits per heavy atom. The molecule has 0 bridgehead atoms. The lowest BCUT2D eigenvalue weighted by molar-refractivity contribution is -0.117. The Balaban J connectivity index is 1.46. The molecule has 1 amide bonds. The number of aliphatic hydroxyl groups excluding tert-OH is 1. The van der Waals surface area contributed by atoms with Crippen LogP contribution in [0.25, 0.3) is 0 Å². The fourth-order valence-corrected chi connectivity index (χ4v) is 12.6. The number of guanidine groups is 1. The van der Waals surface area contributed by atoms with Gasteiger partial charge >= 0.3 is 11.9 Å². The molecule has 4 N–H and O–H groups in total. The Labute approximate surface area is 314 Å². The highest BCUT2D eigenvalue weighted by molar-refractivity contribution is 6.99. The molecule has 3 heterocycles. The van der Waals surface area contributed by atoms with Gasteiger partial charge in [0.2, 0.25) is 5.96 Å². The van der Waals surface area contributed by atoms with Crippen LogP contribution in [0.5, 0.6) is 0 Å². The van der Waals surface area contributed by atoms with Gasteiger partial charge in [-0.15, -0.1) is 0 Å². The summed E-state index contributed by atoms with van der Waals surface area (Å²) in [7, 11) is -3.05. The van der Waals surface area contributed by atoms with Gasteiger partial charge in [0.1, 0.15) is 6.10 Å². The highest BCUT2D eigenvalue weighted by Gasteiger charge is 2.70. The molecule has 270 valence electrons. The summed E-state index contributed by atoms with van der Waals surface area (Å²) in [5.74, 6) is -1.19. The van der Waals surface area contributed by atoms with Crippen LogP contribution in [-0.2, 0) is 14.0 Å². The third-order valence-electron chi connectivity index (χ3n) is 9.99. The number of amides is 1. The van der Waals surface area contributed by atoms with E-state index in [1.807, 2.05) is 43.3 Å². The van der Waals surface area contributed by atoms with E-state index in [1.165, 1.54) is 0 Å². The van der Waals surface area contributed by atoms with Gasteiger partial charge in [-0.2, -0.15) is 4.99 Å². The lowest BCUT2D eigenvalue weighted by atomic mass is 9.88. The van der Waals surface area contributed by atoms with Gasteiger partial charge in [-0.05, 0) is 34.0 Å². The Bertz CT molecular complexity index is 1750. The van der Waals surface area contributed by atoms with Gasteiger partial charge in [0.15, 0.2) is 11.8 Å². The molecule has 3 aromatic rings. The zero-order valence-electron chi connectivity index (χ0n) is 28.8. The van der Waals surface area contributed by atoms with E-state index >= 15 is 0 Å². The standard InChI is InChI=1S/C37H42Cl3N5O5Si/c1-6-28-29(50-32(47)24-16-10-7-11-17-24)31(46)36-30(41-23(2)44-36)27(42-34(45(28)36)43-33(48)37(38,39)40)22-49-51(35(3,4)5,25-18-12-8-13-19-25)26-20-14-9-15-21-26/h7-21,27-31,41,44,46H,2,6,22H2,1,3-5H3,(H,42,43,48)/t27-,28+,29?,30-,31-,36?/m0/s1. The molecule has 0 aromatic heterocycles. The van der Waals surface area contributed by atoms with Gasteiger partial charge in [-0.25, -0.2) is 4.79 Å². The number of rotatable bonds is 8. The first-order valence-electron chi connectivity index (χ1n) is 16.8. The third kappa shape index (κ3) is 6.53. The topological polar surface area (TPSA) is 125 Å². The van der Waals surface area contributed by atoms with Crippen molar-refractivity contribution >= 4 is 71.3 Å². The number of aliphatic imine (C=N–C) groups is 1. The van der Waals surface area contributed by atoms with E-state index in [9.17, 15) is 14.7 Å². The van der Waals surface area contributed by atoms with Gasteiger partial charge in [-0.3, -0.25) is 4.79 Å². The maximum atomic E-state index is 13.4. The SMILES string of the molecule is C=C1N[C@H]2[C@H](CO[Si](c3ccccc3)(c3ccccc3)C(C)(C)C)N/C(=N/C(=O)C(Cl)(Cl)Cl)N3[C@H](CC)C(OC(=O)c4ccccc4)[C@H](O)C23N1. The van der Waals surface area contributed by atoms with Gasteiger partial charge < -0.3 is 35.1 Å². The molecule has 51 heavy (non-hydrogen) atoms. The minimum atomic E-state index is -3.05. The molecule has 0 radical (unpaired) electrons. The van der Waals surface area contributed by atoms with E-state index in [1.54, 1.807) is 35.2 Å². The monoisotopic (exact) mass is 769 g/mol. The smallest absolute Gasteiger partial charge is 0.338 e. The van der Waals surface area contributed by atoms with Crippen molar-refractivity contribution in [2.24, 2.45) is 4.99 Å². The second-order valence-corrected chi connectivity index (χ2v) is 20.6. The zero-order valence-corrected chi connectivity index (χ0v) is 32.0. The molecule has 3 aliphatic rings. The van der Waals surface area contributed by atoms with Crippen molar-refractivity contribution in [2.45, 2.75) is 78.9 Å². The Morgan fingerprint density at radius 2 is 1.49 bits per heavy atom. The minimum absolute atomic E-state index is 0.0341. The van der Waals surface area contributed by atoms with Crippen LogP contribution < -0.4 is 26.3 Å². The molecular formula is C37H42Cl3N5O5Si. The van der Waals surface area contributed by atoms with Crippen molar-refractivity contribution in [3.8, 4) is 0 Å². The summed E-state index contributed by atoms with van der Waals surface area (Å²) >= 11 is 18.1.